The monoisotopic (exact) mass is 356 g/mol. The molecule has 0 aliphatic carbocycles. The first-order valence-electron chi connectivity index (χ1n) is 8.50. The molecule has 0 saturated carbocycles. The third-order valence-corrected chi connectivity index (χ3v) is 3.98. The molecule has 2 N–H and O–H groups in total. The van der Waals surface area contributed by atoms with Crippen molar-refractivity contribution in [1.82, 2.24) is 10.6 Å². The number of thiocarbonyl (C=S) groups is 1. The lowest BCUT2D eigenvalue weighted by molar-refractivity contribution is 0.0972. The molecule has 0 spiro atoms. The van der Waals surface area contributed by atoms with Crippen LogP contribution in [-0.2, 0) is 0 Å². The van der Waals surface area contributed by atoms with E-state index >= 15 is 0 Å². The second kappa shape index (κ2) is 9.79. The van der Waals surface area contributed by atoms with Gasteiger partial charge in [-0.2, -0.15) is 0 Å². The summed E-state index contributed by atoms with van der Waals surface area (Å²) in [4.78, 5) is 12.5. The molecule has 25 heavy (non-hydrogen) atoms. The Hall–Kier alpha value is -2.40. The number of hydrogen-bond donors (Lipinski definition) is 2. The first-order valence-corrected chi connectivity index (χ1v) is 8.91. The smallest absolute Gasteiger partial charge is 0.261 e. The molecule has 0 unspecified atom stereocenters. The highest BCUT2D eigenvalue weighted by Gasteiger charge is 2.14. The van der Waals surface area contributed by atoms with Gasteiger partial charge in [0.2, 0.25) is 0 Å². The van der Waals surface area contributed by atoms with E-state index in [9.17, 15) is 4.79 Å². The minimum absolute atomic E-state index is 0.00467. The summed E-state index contributed by atoms with van der Waals surface area (Å²) in [7, 11) is 0. The van der Waals surface area contributed by atoms with Crippen molar-refractivity contribution in [1.29, 1.82) is 0 Å². The molecule has 0 aliphatic rings. The number of unbranched alkanes of at least 4 members (excludes halogenated alkanes) is 1. The summed E-state index contributed by atoms with van der Waals surface area (Å²) in [6, 6.07) is 17.1. The van der Waals surface area contributed by atoms with Crippen LogP contribution in [0.4, 0.5) is 0 Å². The van der Waals surface area contributed by atoms with E-state index in [1.807, 2.05) is 49.4 Å². The number of hydrogen-bond acceptors (Lipinski definition) is 3. The van der Waals surface area contributed by atoms with E-state index in [0.29, 0.717) is 23.0 Å². The molecule has 4 nitrogen and oxygen atoms in total. The van der Waals surface area contributed by atoms with Crippen molar-refractivity contribution < 1.29 is 9.53 Å². The molecule has 2 aromatic rings. The summed E-state index contributed by atoms with van der Waals surface area (Å²) in [6.07, 6.45) is 1.99. The fourth-order valence-electron chi connectivity index (χ4n) is 2.33. The van der Waals surface area contributed by atoms with Crippen molar-refractivity contribution in [3.05, 3.63) is 65.7 Å². The predicted octanol–water partition coefficient (Wildman–Crippen LogP) is 4.23. The van der Waals surface area contributed by atoms with Gasteiger partial charge in [-0.3, -0.25) is 10.1 Å². The summed E-state index contributed by atoms with van der Waals surface area (Å²) < 4.78 is 5.71. The number of carbonyl (C=O) groups excluding carboxylic acids is 1. The zero-order chi connectivity index (χ0) is 18.1. The Morgan fingerprint density at radius 3 is 2.52 bits per heavy atom. The third kappa shape index (κ3) is 5.87. The Bertz CT molecular complexity index is 704. The van der Waals surface area contributed by atoms with Gasteiger partial charge in [-0.05, 0) is 43.3 Å². The van der Waals surface area contributed by atoms with Gasteiger partial charge in [0.15, 0.2) is 5.11 Å². The largest absolute Gasteiger partial charge is 0.493 e. The van der Waals surface area contributed by atoms with E-state index in [1.165, 1.54) is 0 Å². The second-order valence-corrected chi connectivity index (χ2v) is 6.17. The van der Waals surface area contributed by atoms with Crippen LogP contribution in [-0.4, -0.2) is 17.6 Å². The number of nitrogens with one attached hydrogen (secondary N) is 2. The number of amides is 1. The number of rotatable bonds is 7. The van der Waals surface area contributed by atoms with Gasteiger partial charge >= 0.3 is 0 Å². The van der Waals surface area contributed by atoms with Crippen molar-refractivity contribution in [2.45, 2.75) is 32.7 Å². The molecule has 1 atom stereocenters. The van der Waals surface area contributed by atoms with Gasteiger partial charge in [-0.15, -0.1) is 0 Å². The van der Waals surface area contributed by atoms with Crippen LogP contribution < -0.4 is 15.4 Å². The van der Waals surface area contributed by atoms with E-state index in [-0.39, 0.29) is 11.9 Å². The number of para-hydroxylation sites is 1. The number of benzene rings is 2. The van der Waals surface area contributed by atoms with Gasteiger partial charge in [-0.25, -0.2) is 0 Å². The lowest BCUT2D eigenvalue weighted by Gasteiger charge is -2.17. The maximum Gasteiger partial charge on any atom is 0.261 e. The van der Waals surface area contributed by atoms with E-state index in [0.717, 1.165) is 18.4 Å². The average molecular weight is 356 g/mol. The van der Waals surface area contributed by atoms with Crippen molar-refractivity contribution in [2.24, 2.45) is 0 Å². The van der Waals surface area contributed by atoms with Crippen molar-refractivity contribution in [3.63, 3.8) is 0 Å². The maximum absolute atomic E-state index is 12.5. The van der Waals surface area contributed by atoms with Crippen LogP contribution >= 0.6 is 12.2 Å². The van der Waals surface area contributed by atoms with Gasteiger partial charge in [-0.1, -0.05) is 55.8 Å². The molecule has 0 aliphatic heterocycles. The topological polar surface area (TPSA) is 50.4 Å². The van der Waals surface area contributed by atoms with Crippen LogP contribution in [0.2, 0.25) is 0 Å². The molecule has 2 aromatic carbocycles. The van der Waals surface area contributed by atoms with Crippen molar-refractivity contribution in [3.8, 4) is 5.75 Å². The van der Waals surface area contributed by atoms with E-state index in [4.69, 9.17) is 17.0 Å². The lowest BCUT2D eigenvalue weighted by atomic mass is 10.1. The fraction of sp³-hybridized carbons (Fsp3) is 0.300. The van der Waals surface area contributed by atoms with Crippen molar-refractivity contribution in [2.75, 3.05) is 6.61 Å². The van der Waals surface area contributed by atoms with Crippen molar-refractivity contribution >= 4 is 23.2 Å². The summed E-state index contributed by atoms with van der Waals surface area (Å²) in [6.45, 7) is 4.68. The van der Waals surface area contributed by atoms with Gasteiger partial charge < -0.3 is 10.1 Å². The number of ether oxygens (including phenoxy) is 1. The summed E-state index contributed by atoms with van der Waals surface area (Å²) >= 11 is 5.27. The molecule has 0 bridgehead atoms. The SMILES string of the molecule is CCCCOc1ccccc1C(=O)NC(=S)N[C@H](C)c1ccccc1. The average Bonchev–Trinajstić information content (AvgIpc) is 2.63. The van der Waals surface area contributed by atoms with Gasteiger partial charge in [0.1, 0.15) is 5.75 Å². The molecule has 0 aromatic heterocycles. The van der Waals surface area contributed by atoms with E-state index < -0.39 is 0 Å². The Balaban J connectivity index is 1.96. The zero-order valence-electron chi connectivity index (χ0n) is 14.6. The number of carbonyl (C=O) groups is 1. The van der Waals surface area contributed by atoms with Crippen LogP contribution in [0.15, 0.2) is 54.6 Å². The Morgan fingerprint density at radius 1 is 1.12 bits per heavy atom. The summed E-state index contributed by atoms with van der Waals surface area (Å²) in [5.74, 6) is 0.303. The predicted molar refractivity (Wildman–Crippen MR) is 105 cm³/mol. The molecule has 0 fully saturated rings. The lowest BCUT2D eigenvalue weighted by Crippen LogP contribution is -2.40. The van der Waals surface area contributed by atoms with Crippen LogP contribution in [0.3, 0.4) is 0 Å². The highest BCUT2D eigenvalue weighted by molar-refractivity contribution is 7.80. The van der Waals surface area contributed by atoms with Crippen LogP contribution in [0, 0.1) is 0 Å². The Labute approximate surface area is 154 Å². The summed E-state index contributed by atoms with van der Waals surface area (Å²) in [5.41, 5.74) is 1.58. The molecule has 5 heteroatoms. The first-order chi connectivity index (χ1) is 12.1. The van der Waals surface area contributed by atoms with Gasteiger partial charge in [0, 0.05) is 0 Å². The molecule has 2 rings (SSSR count). The molecule has 132 valence electrons. The van der Waals surface area contributed by atoms with Crippen LogP contribution in [0.5, 0.6) is 5.75 Å². The van der Waals surface area contributed by atoms with Gasteiger partial charge in [0.25, 0.3) is 5.91 Å². The third-order valence-electron chi connectivity index (χ3n) is 3.76. The molecular weight excluding hydrogens is 332 g/mol. The Morgan fingerprint density at radius 2 is 1.80 bits per heavy atom. The van der Waals surface area contributed by atoms with Gasteiger partial charge in [0.05, 0.1) is 18.2 Å². The molecular formula is C20H24N2O2S. The van der Waals surface area contributed by atoms with E-state index in [1.54, 1.807) is 12.1 Å². The quantitative estimate of drug-likeness (QED) is 0.576. The van der Waals surface area contributed by atoms with Crippen LogP contribution in [0.25, 0.3) is 0 Å². The first kappa shape index (κ1) is 18.9. The molecule has 1 amide bonds. The minimum atomic E-state index is -0.273. The Kier molecular flexibility index (Phi) is 7.41. The maximum atomic E-state index is 12.5. The highest BCUT2D eigenvalue weighted by atomic mass is 32.1. The molecule has 0 saturated heterocycles. The highest BCUT2D eigenvalue weighted by Crippen LogP contribution is 2.18. The zero-order valence-corrected chi connectivity index (χ0v) is 15.4. The molecule has 0 radical (unpaired) electrons. The summed E-state index contributed by atoms with van der Waals surface area (Å²) in [5, 5.41) is 6.15. The molecule has 0 heterocycles. The fourth-order valence-corrected chi connectivity index (χ4v) is 2.60. The standard InChI is InChI=1S/C20H24N2O2S/c1-3-4-14-24-18-13-9-8-12-17(18)19(23)22-20(25)21-15(2)16-10-6-5-7-11-16/h5-13,15H,3-4,14H2,1-2H3,(H2,21,22,23,25)/t15-/m1/s1. The van der Waals surface area contributed by atoms with Crippen LogP contribution in [0.1, 0.15) is 48.7 Å². The normalized spacial score (nSPS) is 11.4. The minimum Gasteiger partial charge on any atom is -0.493 e. The second-order valence-electron chi connectivity index (χ2n) is 5.76. The van der Waals surface area contributed by atoms with E-state index in [2.05, 4.69) is 17.6 Å².